The van der Waals surface area contributed by atoms with Crippen molar-refractivity contribution in [1.82, 2.24) is 5.32 Å². The summed E-state index contributed by atoms with van der Waals surface area (Å²) in [6.45, 7) is 5.44. The van der Waals surface area contributed by atoms with Crippen molar-refractivity contribution in [3.05, 3.63) is 30.1 Å². The summed E-state index contributed by atoms with van der Waals surface area (Å²) in [6, 6.07) is 6.80. The monoisotopic (exact) mass is 266 g/mol. The van der Waals surface area contributed by atoms with Gasteiger partial charge in [-0.1, -0.05) is 25.8 Å². The molecule has 0 heterocycles. The first-order valence-corrected chi connectivity index (χ1v) is 7.41. The maximum atomic E-state index is 13.1. The third-order valence-electron chi connectivity index (χ3n) is 3.27. The first-order valence-electron chi connectivity index (χ1n) is 7.41. The number of nitrogens with one attached hydrogen (secondary N) is 1. The summed E-state index contributed by atoms with van der Waals surface area (Å²) in [5, 5.41) is 3.41. The van der Waals surface area contributed by atoms with Gasteiger partial charge in [0.2, 0.25) is 0 Å². The third-order valence-corrected chi connectivity index (χ3v) is 3.27. The lowest BCUT2D eigenvalue weighted by Crippen LogP contribution is -2.19. The van der Waals surface area contributed by atoms with Gasteiger partial charge in [0.25, 0.3) is 0 Å². The summed E-state index contributed by atoms with van der Waals surface area (Å²) >= 11 is 0. The average Bonchev–Trinajstić information content (AvgIpc) is 2.41. The van der Waals surface area contributed by atoms with Crippen LogP contribution in [0, 0.1) is 5.82 Å². The topological polar surface area (TPSA) is 15.3 Å². The van der Waals surface area contributed by atoms with Gasteiger partial charge in [0.1, 0.15) is 5.82 Å². The highest BCUT2D eigenvalue weighted by molar-refractivity contribution is 5.45. The molecular formula is C16H27FN2. The minimum Gasteiger partial charge on any atom is -0.375 e. The summed E-state index contributed by atoms with van der Waals surface area (Å²) in [5.41, 5.74) is 0.963. The van der Waals surface area contributed by atoms with Crippen molar-refractivity contribution >= 4 is 5.69 Å². The van der Waals surface area contributed by atoms with Gasteiger partial charge < -0.3 is 10.2 Å². The number of hydrogen-bond acceptors (Lipinski definition) is 2. The fourth-order valence-electron chi connectivity index (χ4n) is 2.10. The highest BCUT2D eigenvalue weighted by atomic mass is 19.1. The molecule has 0 aliphatic rings. The van der Waals surface area contributed by atoms with Crippen LogP contribution in [0.1, 0.15) is 39.0 Å². The summed E-state index contributed by atoms with van der Waals surface area (Å²) < 4.78 is 13.1. The predicted molar refractivity (Wildman–Crippen MR) is 81.3 cm³/mol. The molecule has 0 unspecified atom stereocenters. The zero-order valence-corrected chi connectivity index (χ0v) is 12.3. The molecule has 0 saturated heterocycles. The first kappa shape index (κ1) is 16.0. The Hall–Kier alpha value is -1.09. The van der Waals surface area contributed by atoms with Crippen LogP contribution in [0.4, 0.5) is 10.1 Å². The summed E-state index contributed by atoms with van der Waals surface area (Å²) in [4.78, 5) is 2.12. The van der Waals surface area contributed by atoms with E-state index < -0.39 is 0 Å². The highest BCUT2D eigenvalue weighted by Gasteiger charge is 2.01. The van der Waals surface area contributed by atoms with Crippen LogP contribution in [-0.4, -0.2) is 26.7 Å². The van der Waals surface area contributed by atoms with Crippen molar-refractivity contribution < 1.29 is 4.39 Å². The number of benzene rings is 1. The zero-order valence-electron chi connectivity index (χ0n) is 12.3. The number of anilines is 1. The Morgan fingerprint density at radius 2 is 1.89 bits per heavy atom. The molecule has 0 aliphatic carbocycles. The lowest BCUT2D eigenvalue weighted by molar-refractivity contribution is 0.584. The van der Waals surface area contributed by atoms with Gasteiger partial charge in [0.15, 0.2) is 0 Å². The molecule has 0 bridgehead atoms. The van der Waals surface area contributed by atoms with Crippen LogP contribution in [0.15, 0.2) is 24.3 Å². The molecule has 1 N–H and O–H groups in total. The van der Waals surface area contributed by atoms with Crippen LogP contribution >= 0.6 is 0 Å². The van der Waals surface area contributed by atoms with Gasteiger partial charge in [-0.25, -0.2) is 4.39 Å². The number of hydrogen-bond donors (Lipinski definition) is 1. The molecule has 0 radical (unpaired) electrons. The Labute approximate surface area is 117 Å². The van der Waals surface area contributed by atoms with Gasteiger partial charge in [0.05, 0.1) is 0 Å². The van der Waals surface area contributed by atoms with E-state index in [0.717, 1.165) is 25.3 Å². The maximum absolute atomic E-state index is 13.1. The van der Waals surface area contributed by atoms with Gasteiger partial charge in [0, 0.05) is 19.3 Å². The Morgan fingerprint density at radius 3 is 2.63 bits per heavy atom. The van der Waals surface area contributed by atoms with Gasteiger partial charge in [-0.2, -0.15) is 0 Å². The van der Waals surface area contributed by atoms with Crippen molar-refractivity contribution in [2.45, 2.75) is 39.0 Å². The number of nitrogens with zero attached hydrogens (tertiary/aromatic N) is 1. The second-order valence-electron chi connectivity index (χ2n) is 5.07. The Bertz CT molecular complexity index is 341. The summed E-state index contributed by atoms with van der Waals surface area (Å²) in [5.74, 6) is -0.161. The van der Waals surface area contributed by atoms with E-state index in [-0.39, 0.29) is 5.82 Å². The molecule has 19 heavy (non-hydrogen) atoms. The van der Waals surface area contributed by atoms with E-state index in [1.54, 1.807) is 12.1 Å². The molecule has 3 heteroatoms. The van der Waals surface area contributed by atoms with Crippen LogP contribution in [0.2, 0.25) is 0 Å². The van der Waals surface area contributed by atoms with Crippen molar-refractivity contribution in [3.8, 4) is 0 Å². The summed E-state index contributed by atoms with van der Waals surface area (Å²) in [7, 11) is 2.03. The molecule has 0 atom stereocenters. The van der Waals surface area contributed by atoms with E-state index in [1.165, 1.54) is 38.2 Å². The molecule has 1 aromatic rings. The molecule has 0 spiro atoms. The molecule has 1 rings (SSSR count). The van der Waals surface area contributed by atoms with E-state index in [1.807, 2.05) is 13.1 Å². The Morgan fingerprint density at radius 1 is 1.11 bits per heavy atom. The second kappa shape index (κ2) is 9.79. The van der Waals surface area contributed by atoms with Crippen molar-refractivity contribution in [2.75, 3.05) is 31.6 Å². The molecule has 108 valence electrons. The minimum absolute atomic E-state index is 0.161. The van der Waals surface area contributed by atoms with Crippen molar-refractivity contribution in [2.24, 2.45) is 0 Å². The van der Waals surface area contributed by atoms with Gasteiger partial charge in [-0.05, 0) is 50.6 Å². The predicted octanol–water partition coefficient (Wildman–Crippen LogP) is 3.82. The largest absolute Gasteiger partial charge is 0.375 e. The standard InChI is InChI=1S/C16H27FN2/c1-3-11-18-12-6-4-5-7-13-19(2)16-10-8-9-15(17)14-16/h8-10,14,18H,3-7,11-13H2,1-2H3. The number of rotatable bonds is 10. The van der Waals surface area contributed by atoms with Gasteiger partial charge in [-0.15, -0.1) is 0 Å². The normalized spacial score (nSPS) is 10.7. The molecule has 0 amide bonds. The fourth-order valence-corrected chi connectivity index (χ4v) is 2.10. The molecule has 0 fully saturated rings. The third kappa shape index (κ3) is 7.16. The molecule has 2 nitrogen and oxygen atoms in total. The Balaban J connectivity index is 2.06. The van der Waals surface area contributed by atoms with E-state index >= 15 is 0 Å². The molecule has 0 aromatic heterocycles. The second-order valence-corrected chi connectivity index (χ2v) is 5.07. The smallest absolute Gasteiger partial charge is 0.125 e. The van der Waals surface area contributed by atoms with E-state index in [2.05, 4.69) is 17.1 Å². The minimum atomic E-state index is -0.161. The fraction of sp³-hybridized carbons (Fsp3) is 0.625. The zero-order chi connectivity index (χ0) is 13.9. The van der Waals surface area contributed by atoms with Crippen molar-refractivity contribution in [3.63, 3.8) is 0 Å². The van der Waals surface area contributed by atoms with E-state index in [0.29, 0.717) is 0 Å². The lowest BCUT2D eigenvalue weighted by Gasteiger charge is -2.19. The van der Waals surface area contributed by atoms with Crippen LogP contribution in [-0.2, 0) is 0 Å². The highest BCUT2D eigenvalue weighted by Crippen LogP contribution is 2.14. The SMILES string of the molecule is CCCNCCCCCCN(C)c1cccc(F)c1. The van der Waals surface area contributed by atoms with Gasteiger partial charge in [-0.3, -0.25) is 0 Å². The molecule has 0 aliphatic heterocycles. The number of halogens is 1. The molecule has 1 aromatic carbocycles. The van der Waals surface area contributed by atoms with Crippen LogP contribution in [0.3, 0.4) is 0 Å². The van der Waals surface area contributed by atoms with Crippen LogP contribution < -0.4 is 10.2 Å². The Kier molecular flexibility index (Phi) is 8.23. The van der Waals surface area contributed by atoms with Crippen molar-refractivity contribution in [1.29, 1.82) is 0 Å². The molecular weight excluding hydrogens is 239 g/mol. The lowest BCUT2D eigenvalue weighted by atomic mass is 10.2. The van der Waals surface area contributed by atoms with Crippen LogP contribution in [0.5, 0.6) is 0 Å². The van der Waals surface area contributed by atoms with E-state index in [4.69, 9.17) is 0 Å². The maximum Gasteiger partial charge on any atom is 0.125 e. The quantitative estimate of drug-likeness (QED) is 0.648. The number of unbranched alkanes of at least 4 members (excludes halogenated alkanes) is 3. The average molecular weight is 266 g/mol. The summed E-state index contributed by atoms with van der Waals surface area (Å²) in [6.07, 6.45) is 6.14. The first-order chi connectivity index (χ1) is 9.24. The van der Waals surface area contributed by atoms with E-state index in [9.17, 15) is 4.39 Å². The molecule has 0 saturated carbocycles. The van der Waals surface area contributed by atoms with Crippen LogP contribution in [0.25, 0.3) is 0 Å². The van der Waals surface area contributed by atoms with Gasteiger partial charge >= 0.3 is 0 Å².